The van der Waals surface area contributed by atoms with Gasteiger partial charge in [-0.2, -0.15) is 5.26 Å². The Morgan fingerprint density at radius 3 is 3.00 bits per heavy atom. The molecule has 1 heterocycles. The van der Waals surface area contributed by atoms with Crippen molar-refractivity contribution in [2.45, 2.75) is 25.3 Å². The van der Waals surface area contributed by atoms with E-state index in [0.717, 1.165) is 13.1 Å². The zero-order valence-corrected chi connectivity index (χ0v) is 12.4. The predicted molar refractivity (Wildman–Crippen MR) is 82.9 cm³/mol. The number of nitrogens with one attached hydrogen (secondary N) is 2. The van der Waals surface area contributed by atoms with Crippen molar-refractivity contribution in [2.24, 2.45) is 0 Å². The number of benzene rings is 1. The van der Waals surface area contributed by atoms with Gasteiger partial charge in [0.2, 0.25) is 5.91 Å². The number of para-hydroxylation sites is 1. The molecule has 1 aliphatic rings. The van der Waals surface area contributed by atoms with Crippen molar-refractivity contribution in [1.82, 2.24) is 10.2 Å². The first kappa shape index (κ1) is 15.5. The minimum atomic E-state index is -0.0870. The Bertz CT molecular complexity index is 517. The van der Waals surface area contributed by atoms with Gasteiger partial charge >= 0.3 is 0 Å². The van der Waals surface area contributed by atoms with Crippen LogP contribution in [0.2, 0.25) is 0 Å². The lowest BCUT2D eigenvalue weighted by Crippen LogP contribution is -2.44. The maximum atomic E-state index is 12.1. The summed E-state index contributed by atoms with van der Waals surface area (Å²) in [4.78, 5) is 14.1. The molecule has 1 aliphatic heterocycles. The van der Waals surface area contributed by atoms with E-state index >= 15 is 0 Å². The fourth-order valence-corrected chi connectivity index (χ4v) is 2.65. The number of nitrogens with zero attached hydrogens (tertiary/aromatic N) is 2. The highest BCUT2D eigenvalue weighted by Crippen LogP contribution is 2.13. The van der Waals surface area contributed by atoms with E-state index < -0.39 is 0 Å². The summed E-state index contributed by atoms with van der Waals surface area (Å²) in [7, 11) is 1.95. The zero-order valence-electron chi connectivity index (χ0n) is 12.4. The largest absolute Gasteiger partial charge is 0.324 e. The SMILES string of the molecule is CN(CC(=O)Nc1ccccc1C#N)CC1CCCCN1. The highest BCUT2D eigenvalue weighted by Gasteiger charge is 2.16. The van der Waals surface area contributed by atoms with Crippen LogP contribution in [0, 0.1) is 11.3 Å². The summed E-state index contributed by atoms with van der Waals surface area (Å²) in [5.41, 5.74) is 1.07. The molecular weight excluding hydrogens is 264 g/mol. The summed E-state index contributed by atoms with van der Waals surface area (Å²) < 4.78 is 0. The average molecular weight is 286 g/mol. The lowest BCUT2D eigenvalue weighted by atomic mass is 10.0. The first-order valence-electron chi connectivity index (χ1n) is 7.40. The van der Waals surface area contributed by atoms with Gasteiger partial charge in [-0.25, -0.2) is 0 Å². The molecule has 112 valence electrons. The van der Waals surface area contributed by atoms with Crippen LogP contribution in [0.15, 0.2) is 24.3 Å². The van der Waals surface area contributed by atoms with Gasteiger partial charge in [-0.15, -0.1) is 0 Å². The van der Waals surface area contributed by atoms with Crippen molar-refractivity contribution < 1.29 is 4.79 Å². The number of carbonyl (C=O) groups is 1. The Morgan fingerprint density at radius 2 is 2.29 bits per heavy atom. The molecule has 1 atom stereocenters. The number of anilines is 1. The number of likely N-dealkylation sites (N-methyl/N-ethyl adjacent to an activating group) is 1. The molecule has 5 nitrogen and oxygen atoms in total. The van der Waals surface area contributed by atoms with E-state index in [1.54, 1.807) is 18.2 Å². The van der Waals surface area contributed by atoms with Crippen LogP contribution in [-0.4, -0.2) is 43.5 Å². The zero-order chi connectivity index (χ0) is 15.1. The topological polar surface area (TPSA) is 68.2 Å². The summed E-state index contributed by atoms with van der Waals surface area (Å²) >= 11 is 0. The van der Waals surface area contributed by atoms with Crippen LogP contribution >= 0.6 is 0 Å². The van der Waals surface area contributed by atoms with Gasteiger partial charge in [0.25, 0.3) is 0 Å². The fraction of sp³-hybridized carbons (Fsp3) is 0.500. The third-order valence-electron chi connectivity index (χ3n) is 3.68. The summed E-state index contributed by atoms with van der Waals surface area (Å²) in [6.07, 6.45) is 3.67. The second kappa shape index (κ2) is 7.77. The first-order chi connectivity index (χ1) is 10.2. The molecule has 1 aromatic rings. The number of amides is 1. The predicted octanol–water partition coefficient (Wildman–Crippen LogP) is 1.57. The average Bonchev–Trinajstić information content (AvgIpc) is 2.48. The molecule has 21 heavy (non-hydrogen) atoms. The van der Waals surface area contributed by atoms with Crippen LogP contribution in [0.5, 0.6) is 0 Å². The lowest BCUT2D eigenvalue weighted by Gasteiger charge is -2.27. The van der Waals surface area contributed by atoms with Crippen molar-refractivity contribution in [3.63, 3.8) is 0 Å². The van der Waals surface area contributed by atoms with Crippen LogP contribution in [0.4, 0.5) is 5.69 Å². The lowest BCUT2D eigenvalue weighted by molar-refractivity contribution is -0.117. The van der Waals surface area contributed by atoms with Gasteiger partial charge in [-0.1, -0.05) is 18.6 Å². The number of hydrogen-bond donors (Lipinski definition) is 2. The van der Waals surface area contributed by atoms with Crippen molar-refractivity contribution in [2.75, 3.05) is 32.0 Å². The Kier molecular flexibility index (Phi) is 5.73. The minimum Gasteiger partial charge on any atom is -0.324 e. The van der Waals surface area contributed by atoms with Gasteiger partial charge in [0.1, 0.15) is 6.07 Å². The molecule has 1 fully saturated rings. The quantitative estimate of drug-likeness (QED) is 0.862. The van der Waals surface area contributed by atoms with Crippen LogP contribution in [0.25, 0.3) is 0 Å². The summed E-state index contributed by atoms with van der Waals surface area (Å²) in [5, 5.41) is 15.3. The number of hydrogen-bond acceptors (Lipinski definition) is 4. The van der Waals surface area contributed by atoms with Crippen LogP contribution < -0.4 is 10.6 Å². The van der Waals surface area contributed by atoms with Gasteiger partial charge in [0.05, 0.1) is 17.8 Å². The van der Waals surface area contributed by atoms with Crippen molar-refractivity contribution in [1.29, 1.82) is 5.26 Å². The van der Waals surface area contributed by atoms with E-state index in [-0.39, 0.29) is 5.91 Å². The smallest absolute Gasteiger partial charge is 0.238 e. The minimum absolute atomic E-state index is 0.0870. The van der Waals surface area contributed by atoms with Crippen molar-refractivity contribution in [3.8, 4) is 6.07 Å². The molecule has 0 saturated carbocycles. The van der Waals surface area contributed by atoms with E-state index in [4.69, 9.17) is 5.26 Å². The fourth-order valence-electron chi connectivity index (χ4n) is 2.65. The normalized spacial score (nSPS) is 18.2. The molecule has 0 bridgehead atoms. The second-order valence-electron chi connectivity index (χ2n) is 5.55. The van der Waals surface area contributed by atoms with Crippen LogP contribution in [-0.2, 0) is 4.79 Å². The summed E-state index contributed by atoms with van der Waals surface area (Å²) in [6.45, 7) is 2.27. The van der Waals surface area contributed by atoms with E-state index in [9.17, 15) is 4.79 Å². The molecule has 0 aromatic heterocycles. The molecule has 0 spiro atoms. The van der Waals surface area contributed by atoms with Crippen LogP contribution in [0.3, 0.4) is 0 Å². The molecule has 1 saturated heterocycles. The number of nitriles is 1. The highest BCUT2D eigenvalue weighted by atomic mass is 16.2. The monoisotopic (exact) mass is 286 g/mol. The van der Waals surface area contributed by atoms with E-state index in [1.165, 1.54) is 19.3 Å². The molecule has 1 aromatic carbocycles. The highest BCUT2D eigenvalue weighted by molar-refractivity contribution is 5.93. The maximum Gasteiger partial charge on any atom is 0.238 e. The molecule has 0 radical (unpaired) electrons. The Labute approximate surface area is 125 Å². The van der Waals surface area contributed by atoms with Gasteiger partial charge in [0.15, 0.2) is 0 Å². The second-order valence-corrected chi connectivity index (χ2v) is 5.55. The number of rotatable bonds is 5. The molecule has 2 rings (SSSR count). The van der Waals surface area contributed by atoms with E-state index in [1.807, 2.05) is 18.0 Å². The standard InChI is InChI=1S/C16H22N4O/c1-20(11-14-7-4-5-9-18-14)12-16(21)19-15-8-3-2-6-13(15)10-17/h2-3,6,8,14,18H,4-5,7,9,11-12H2,1H3,(H,19,21). The van der Waals surface area contributed by atoms with Gasteiger partial charge < -0.3 is 10.6 Å². The Hall–Kier alpha value is -1.90. The summed E-state index contributed by atoms with van der Waals surface area (Å²) in [5.74, 6) is -0.0870. The third kappa shape index (κ3) is 4.85. The Morgan fingerprint density at radius 1 is 1.48 bits per heavy atom. The van der Waals surface area contributed by atoms with E-state index in [2.05, 4.69) is 16.7 Å². The molecule has 1 amide bonds. The van der Waals surface area contributed by atoms with Crippen LogP contribution in [0.1, 0.15) is 24.8 Å². The molecular formula is C16H22N4O. The molecule has 5 heteroatoms. The number of piperidine rings is 1. The van der Waals surface area contributed by atoms with Gasteiger partial charge in [-0.05, 0) is 38.6 Å². The molecule has 0 aliphatic carbocycles. The van der Waals surface area contributed by atoms with Gasteiger partial charge in [0, 0.05) is 12.6 Å². The Balaban J connectivity index is 1.82. The van der Waals surface area contributed by atoms with Crippen molar-refractivity contribution >= 4 is 11.6 Å². The summed E-state index contributed by atoms with van der Waals surface area (Å²) in [6, 6.07) is 9.60. The van der Waals surface area contributed by atoms with Crippen molar-refractivity contribution in [3.05, 3.63) is 29.8 Å². The van der Waals surface area contributed by atoms with E-state index in [0.29, 0.717) is 23.8 Å². The third-order valence-corrected chi connectivity index (χ3v) is 3.68. The first-order valence-corrected chi connectivity index (χ1v) is 7.40. The maximum absolute atomic E-state index is 12.1. The number of carbonyl (C=O) groups excluding carboxylic acids is 1. The molecule has 1 unspecified atom stereocenters. The van der Waals surface area contributed by atoms with Gasteiger partial charge in [-0.3, -0.25) is 9.69 Å². The molecule has 2 N–H and O–H groups in total.